The number of carbonyl (C=O) groups excluding carboxylic acids is 1. The van der Waals surface area contributed by atoms with Crippen LogP contribution in [-0.4, -0.2) is 37.2 Å². The average molecular weight is 351 g/mol. The maximum atomic E-state index is 12.4. The van der Waals surface area contributed by atoms with Crippen molar-refractivity contribution in [2.24, 2.45) is 0 Å². The first kappa shape index (κ1) is 17.0. The molecule has 1 aromatic carbocycles. The molecule has 1 amide bonds. The van der Waals surface area contributed by atoms with E-state index in [2.05, 4.69) is 33.4 Å². The van der Waals surface area contributed by atoms with E-state index in [9.17, 15) is 4.79 Å². The summed E-state index contributed by atoms with van der Waals surface area (Å²) >= 11 is 0. The summed E-state index contributed by atoms with van der Waals surface area (Å²) in [5, 5.41) is 2.91. The predicted octanol–water partition coefficient (Wildman–Crippen LogP) is 2.98. The molecule has 0 unspecified atom stereocenters. The molecular weight excluding hydrogens is 326 g/mol. The highest BCUT2D eigenvalue weighted by Crippen LogP contribution is 2.22. The van der Waals surface area contributed by atoms with Gasteiger partial charge in [0, 0.05) is 13.1 Å². The van der Waals surface area contributed by atoms with E-state index in [1.165, 1.54) is 30.4 Å². The molecule has 5 heteroatoms. The first-order chi connectivity index (χ1) is 12.8. The van der Waals surface area contributed by atoms with E-state index in [1.807, 2.05) is 18.3 Å². The standard InChI is InChI=1S/C21H25N3O2/c25-21(14-16-5-6-17-3-1-2-4-18(17)13-16)23-20-8-7-19(15-22-20)24-9-11-26-12-10-24/h5-8,13,15H,1-4,9-12,14H2,(H,22,23,25). The Bertz CT molecular complexity index is 767. The Balaban J connectivity index is 1.35. The van der Waals surface area contributed by atoms with E-state index in [-0.39, 0.29) is 5.91 Å². The van der Waals surface area contributed by atoms with Gasteiger partial charge in [-0.1, -0.05) is 18.2 Å². The Morgan fingerprint density at radius 3 is 2.65 bits per heavy atom. The summed E-state index contributed by atoms with van der Waals surface area (Å²) < 4.78 is 5.37. The predicted molar refractivity (Wildman–Crippen MR) is 103 cm³/mol. The second-order valence-electron chi connectivity index (χ2n) is 7.04. The van der Waals surface area contributed by atoms with Crippen molar-refractivity contribution in [2.75, 3.05) is 36.5 Å². The summed E-state index contributed by atoms with van der Waals surface area (Å²) in [5.74, 6) is 0.581. The van der Waals surface area contributed by atoms with Crippen LogP contribution in [0.5, 0.6) is 0 Å². The number of nitrogens with one attached hydrogen (secondary N) is 1. The fourth-order valence-corrected chi connectivity index (χ4v) is 3.74. The summed E-state index contributed by atoms with van der Waals surface area (Å²) in [4.78, 5) is 19.0. The van der Waals surface area contributed by atoms with Gasteiger partial charge in [-0.05, 0) is 54.5 Å². The minimum absolute atomic E-state index is 0.0209. The number of hydrogen-bond acceptors (Lipinski definition) is 4. The van der Waals surface area contributed by atoms with E-state index in [0.717, 1.165) is 44.0 Å². The molecule has 2 aromatic rings. The van der Waals surface area contributed by atoms with Gasteiger partial charge in [-0.2, -0.15) is 0 Å². The number of hydrogen-bond donors (Lipinski definition) is 1. The monoisotopic (exact) mass is 351 g/mol. The Morgan fingerprint density at radius 1 is 1.08 bits per heavy atom. The molecule has 2 heterocycles. The lowest BCUT2D eigenvalue weighted by atomic mass is 9.90. The molecule has 136 valence electrons. The van der Waals surface area contributed by atoms with Crippen molar-refractivity contribution < 1.29 is 9.53 Å². The molecule has 1 saturated heterocycles. The number of nitrogens with zero attached hydrogens (tertiary/aromatic N) is 2. The normalized spacial score (nSPS) is 16.8. The molecule has 1 N–H and O–H groups in total. The number of amides is 1. The zero-order chi connectivity index (χ0) is 17.8. The number of aromatic nitrogens is 1. The Labute approximate surface area is 154 Å². The van der Waals surface area contributed by atoms with Crippen molar-refractivity contribution in [1.29, 1.82) is 0 Å². The summed E-state index contributed by atoms with van der Waals surface area (Å²) in [7, 11) is 0. The van der Waals surface area contributed by atoms with E-state index >= 15 is 0 Å². The van der Waals surface area contributed by atoms with Crippen LogP contribution in [0.15, 0.2) is 36.5 Å². The summed E-state index contributed by atoms with van der Waals surface area (Å²) in [6.07, 6.45) is 7.04. The number of pyridine rings is 1. The lowest BCUT2D eigenvalue weighted by Crippen LogP contribution is -2.36. The Morgan fingerprint density at radius 2 is 1.88 bits per heavy atom. The molecule has 2 aliphatic rings. The zero-order valence-electron chi connectivity index (χ0n) is 15.0. The van der Waals surface area contributed by atoms with Crippen molar-refractivity contribution in [3.05, 3.63) is 53.2 Å². The molecular formula is C21H25N3O2. The third-order valence-corrected chi connectivity index (χ3v) is 5.17. The molecule has 1 aliphatic heterocycles. The van der Waals surface area contributed by atoms with Crippen LogP contribution in [0.4, 0.5) is 11.5 Å². The number of ether oxygens (including phenoxy) is 1. The van der Waals surface area contributed by atoms with Gasteiger partial charge >= 0.3 is 0 Å². The van der Waals surface area contributed by atoms with Gasteiger partial charge in [-0.25, -0.2) is 4.98 Å². The van der Waals surface area contributed by atoms with Crippen LogP contribution in [0.2, 0.25) is 0 Å². The summed E-state index contributed by atoms with van der Waals surface area (Å²) in [5.41, 5.74) is 5.00. The van der Waals surface area contributed by atoms with Gasteiger partial charge in [0.05, 0.1) is 31.5 Å². The molecule has 5 nitrogen and oxygen atoms in total. The number of rotatable bonds is 4. The minimum Gasteiger partial charge on any atom is -0.378 e. The van der Waals surface area contributed by atoms with E-state index < -0.39 is 0 Å². The van der Waals surface area contributed by atoms with Crippen LogP contribution < -0.4 is 10.2 Å². The molecule has 0 bridgehead atoms. The van der Waals surface area contributed by atoms with Crippen LogP contribution in [0.25, 0.3) is 0 Å². The van der Waals surface area contributed by atoms with E-state index in [1.54, 1.807) is 0 Å². The van der Waals surface area contributed by atoms with Gasteiger partial charge in [-0.3, -0.25) is 4.79 Å². The molecule has 0 radical (unpaired) electrons. The summed E-state index contributed by atoms with van der Waals surface area (Å²) in [6, 6.07) is 10.3. The third-order valence-electron chi connectivity index (χ3n) is 5.17. The van der Waals surface area contributed by atoms with Gasteiger partial charge in [0.25, 0.3) is 0 Å². The molecule has 26 heavy (non-hydrogen) atoms. The molecule has 1 fully saturated rings. The van der Waals surface area contributed by atoms with Crippen LogP contribution in [-0.2, 0) is 28.8 Å². The second-order valence-corrected chi connectivity index (χ2v) is 7.04. The SMILES string of the molecule is O=C(Cc1ccc2c(c1)CCCC2)Nc1ccc(N2CCOCC2)cn1. The topological polar surface area (TPSA) is 54.5 Å². The molecule has 4 rings (SSSR count). The fourth-order valence-electron chi connectivity index (χ4n) is 3.74. The lowest BCUT2D eigenvalue weighted by Gasteiger charge is -2.28. The molecule has 0 spiro atoms. The second kappa shape index (κ2) is 7.87. The van der Waals surface area contributed by atoms with Crippen LogP contribution in [0.3, 0.4) is 0 Å². The molecule has 1 aliphatic carbocycles. The van der Waals surface area contributed by atoms with Gasteiger partial charge in [0.1, 0.15) is 5.82 Å². The van der Waals surface area contributed by atoms with Crippen LogP contribution >= 0.6 is 0 Å². The zero-order valence-corrected chi connectivity index (χ0v) is 15.0. The molecule has 0 atom stereocenters. The van der Waals surface area contributed by atoms with Gasteiger partial charge in [0.2, 0.25) is 5.91 Å². The summed E-state index contributed by atoms with van der Waals surface area (Å²) in [6.45, 7) is 3.26. The van der Waals surface area contributed by atoms with Gasteiger partial charge in [-0.15, -0.1) is 0 Å². The van der Waals surface area contributed by atoms with Crippen molar-refractivity contribution in [1.82, 2.24) is 4.98 Å². The maximum absolute atomic E-state index is 12.4. The van der Waals surface area contributed by atoms with E-state index in [4.69, 9.17) is 4.74 Å². The van der Waals surface area contributed by atoms with Crippen molar-refractivity contribution in [3.63, 3.8) is 0 Å². The molecule has 1 aromatic heterocycles. The first-order valence-corrected chi connectivity index (χ1v) is 9.47. The largest absolute Gasteiger partial charge is 0.378 e. The van der Waals surface area contributed by atoms with Crippen molar-refractivity contribution >= 4 is 17.4 Å². The highest BCUT2D eigenvalue weighted by molar-refractivity contribution is 5.91. The minimum atomic E-state index is -0.0209. The highest BCUT2D eigenvalue weighted by Gasteiger charge is 2.13. The third kappa shape index (κ3) is 4.05. The number of aryl methyl sites for hydroxylation is 2. The fraction of sp³-hybridized carbons (Fsp3) is 0.429. The van der Waals surface area contributed by atoms with Gasteiger partial charge < -0.3 is 15.0 Å². The molecule has 0 saturated carbocycles. The van der Waals surface area contributed by atoms with Crippen LogP contribution in [0.1, 0.15) is 29.5 Å². The lowest BCUT2D eigenvalue weighted by molar-refractivity contribution is -0.115. The quantitative estimate of drug-likeness (QED) is 0.920. The van der Waals surface area contributed by atoms with Crippen molar-refractivity contribution in [3.8, 4) is 0 Å². The number of morpholine rings is 1. The average Bonchev–Trinajstić information content (AvgIpc) is 2.69. The van der Waals surface area contributed by atoms with E-state index in [0.29, 0.717) is 12.2 Å². The number of anilines is 2. The van der Waals surface area contributed by atoms with Crippen LogP contribution in [0, 0.1) is 0 Å². The number of benzene rings is 1. The Hall–Kier alpha value is -2.40. The van der Waals surface area contributed by atoms with Gasteiger partial charge in [0.15, 0.2) is 0 Å². The number of fused-ring (bicyclic) bond motifs is 1. The highest BCUT2D eigenvalue weighted by atomic mass is 16.5. The maximum Gasteiger partial charge on any atom is 0.229 e. The first-order valence-electron chi connectivity index (χ1n) is 9.47. The Kier molecular flexibility index (Phi) is 5.16. The number of carbonyl (C=O) groups is 1. The smallest absolute Gasteiger partial charge is 0.229 e. The van der Waals surface area contributed by atoms with Crippen molar-refractivity contribution in [2.45, 2.75) is 32.1 Å².